The third-order valence-corrected chi connectivity index (χ3v) is 4.91. The van der Waals surface area contributed by atoms with E-state index in [0.717, 1.165) is 23.2 Å². The van der Waals surface area contributed by atoms with Gasteiger partial charge in [0.1, 0.15) is 0 Å². The molecular weight excluding hydrogens is 284 g/mol. The van der Waals surface area contributed by atoms with Crippen LogP contribution >= 0.6 is 22.9 Å². The highest BCUT2D eigenvalue weighted by Gasteiger charge is 2.27. The molecule has 6 heteroatoms. The van der Waals surface area contributed by atoms with Crippen LogP contribution in [0.4, 0.5) is 0 Å². The first-order valence-corrected chi connectivity index (χ1v) is 7.24. The number of fused-ring (bicyclic) bond motifs is 1. The summed E-state index contributed by atoms with van der Waals surface area (Å²) in [6.45, 7) is 1.40. The fourth-order valence-electron chi connectivity index (χ4n) is 2.27. The Kier molecular flexibility index (Phi) is 3.43. The number of carbonyl (C=O) groups is 1. The van der Waals surface area contributed by atoms with E-state index in [1.54, 1.807) is 19.4 Å². The SMILES string of the molecule is COC1CCN(C(=O)c2cc3nccc(Cl)c3s2)C1. The fraction of sp³-hybridized carbons (Fsp3) is 0.385. The summed E-state index contributed by atoms with van der Waals surface area (Å²) in [5.41, 5.74) is 0.781. The first-order chi connectivity index (χ1) is 9.19. The molecule has 0 spiro atoms. The number of methoxy groups -OCH3 is 1. The molecule has 1 amide bonds. The van der Waals surface area contributed by atoms with Gasteiger partial charge in [-0.25, -0.2) is 0 Å². The maximum absolute atomic E-state index is 12.4. The Morgan fingerprint density at radius 3 is 3.16 bits per heavy atom. The number of ether oxygens (including phenoxy) is 1. The van der Waals surface area contributed by atoms with Gasteiger partial charge in [0.15, 0.2) is 0 Å². The zero-order valence-corrected chi connectivity index (χ0v) is 12.0. The summed E-state index contributed by atoms with van der Waals surface area (Å²) >= 11 is 7.51. The van der Waals surface area contributed by atoms with E-state index in [0.29, 0.717) is 16.4 Å². The number of hydrogen-bond acceptors (Lipinski definition) is 4. The van der Waals surface area contributed by atoms with Gasteiger partial charge in [-0.1, -0.05) is 11.6 Å². The zero-order chi connectivity index (χ0) is 13.4. The lowest BCUT2D eigenvalue weighted by Gasteiger charge is -2.14. The Balaban J connectivity index is 1.88. The largest absolute Gasteiger partial charge is 0.380 e. The van der Waals surface area contributed by atoms with Crippen molar-refractivity contribution < 1.29 is 9.53 Å². The minimum atomic E-state index is 0.0404. The number of hydrogen-bond donors (Lipinski definition) is 0. The quantitative estimate of drug-likeness (QED) is 0.856. The van der Waals surface area contributed by atoms with Gasteiger partial charge in [0.05, 0.1) is 26.2 Å². The van der Waals surface area contributed by atoms with Crippen LogP contribution in [-0.4, -0.2) is 42.1 Å². The topological polar surface area (TPSA) is 42.4 Å². The van der Waals surface area contributed by atoms with Gasteiger partial charge >= 0.3 is 0 Å². The number of rotatable bonds is 2. The Bertz CT molecular complexity index is 628. The molecule has 0 bridgehead atoms. The highest BCUT2D eigenvalue weighted by molar-refractivity contribution is 7.21. The number of amides is 1. The smallest absolute Gasteiger partial charge is 0.264 e. The van der Waals surface area contributed by atoms with Crippen molar-refractivity contribution in [1.82, 2.24) is 9.88 Å². The Morgan fingerprint density at radius 1 is 1.63 bits per heavy atom. The van der Waals surface area contributed by atoms with Crippen LogP contribution in [-0.2, 0) is 4.74 Å². The van der Waals surface area contributed by atoms with Crippen molar-refractivity contribution in [3.05, 3.63) is 28.2 Å². The predicted octanol–water partition coefficient (Wildman–Crippen LogP) is 2.81. The summed E-state index contributed by atoms with van der Waals surface area (Å²) in [6.07, 6.45) is 2.70. The molecule has 0 radical (unpaired) electrons. The third kappa shape index (κ3) is 2.33. The number of halogens is 1. The van der Waals surface area contributed by atoms with Crippen LogP contribution in [0.25, 0.3) is 10.2 Å². The van der Waals surface area contributed by atoms with E-state index in [2.05, 4.69) is 4.98 Å². The van der Waals surface area contributed by atoms with Crippen molar-refractivity contribution in [2.75, 3.05) is 20.2 Å². The van der Waals surface area contributed by atoms with Gasteiger partial charge in [-0.15, -0.1) is 11.3 Å². The highest BCUT2D eigenvalue weighted by Crippen LogP contribution is 2.31. The molecule has 3 heterocycles. The molecule has 100 valence electrons. The summed E-state index contributed by atoms with van der Waals surface area (Å²) in [4.78, 5) is 19.1. The van der Waals surface area contributed by atoms with Crippen molar-refractivity contribution in [3.8, 4) is 0 Å². The molecule has 0 saturated carbocycles. The fourth-order valence-corrected chi connectivity index (χ4v) is 3.53. The number of nitrogens with zero attached hydrogens (tertiary/aromatic N) is 2. The Hall–Kier alpha value is -1.17. The molecule has 1 aliphatic heterocycles. The molecule has 4 nitrogen and oxygen atoms in total. The molecule has 0 aliphatic carbocycles. The molecule has 1 aliphatic rings. The minimum absolute atomic E-state index is 0.0404. The second-order valence-corrected chi connectivity index (χ2v) is 5.97. The second-order valence-electron chi connectivity index (χ2n) is 4.52. The molecular formula is C13H13ClN2O2S. The van der Waals surface area contributed by atoms with Crippen molar-refractivity contribution in [3.63, 3.8) is 0 Å². The lowest BCUT2D eigenvalue weighted by Crippen LogP contribution is -2.29. The summed E-state index contributed by atoms with van der Waals surface area (Å²) < 4.78 is 6.15. The van der Waals surface area contributed by atoms with Crippen molar-refractivity contribution in [1.29, 1.82) is 0 Å². The van der Waals surface area contributed by atoms with E-state index in [1.165, 1.54) is 11.3 Å². The van der Waals surface area contributed by atoms with Crippen molar-refractivity contribution >= 4 is 39.1 Å². The van der Waals surface area contributed by atoms with Crippen molar-refractivity contribution in [2.24, 2.45) is 0 Å². The van der Waals surface area contributed by atoms with Gasteiger partial charge in [0.25, 0.3) is 5.91 Å². The number of pyridine rings is 1. The van der Waals surface area contributed by atoms with Crippen LogP contribution in [0, 0.1) is 0 Å². The molecule has 19 heavy (non-hydrogen) atoms. The average molecular weight is 297 g/mol. The van der Waals surface area contributed by atoms with Gasteiger partial charge < -0.3 is 9.64 Å². The third-order valence-electron chi connectivity index (χ3n) is 3.34. The van der Waals surface area contributed by atoms with E-state index in [4.69, 9.17) is 16.3 Å². The van der Waals surface area contributed by atoms with Gasteiger partial charge in [-0.3, -0.25) is 9.78 Å². The standard InChI is InChI=1S/C13H13ClN2O2S/c1-18-8-3-5-16(7-8)13(17)11-6-10-12(19-11)9(14)2-4-15-10/h2,4,6,8H,3,5,7H2,1H3. The maximum atomic E-state index is 12.4. The van der Waals surface area contributed by atoms with Crippen LogP contribution in [0.2, 0.25) is 5.02 Å². The number of carbonyl (C=O) groups excluding carboxylic acids is 1. The van der Waals surface area contributed by atoms with E-state index >= 15 is 0 Å². The van der Waals surface area contributed by atoms with E-state index in [1.807, 2.05) is 11.0 Å². The van der Waals surface area contributed by atoms with E-state index < -0.39 is 0 Å². The zero-order valence-electron chi connectivity index (χ0n) is 10.4. The summed E-state index contributed by atoms with van der Waals surface area (Å²) in [7, 11) is 1.68. The highest BCUT2D eigenvalue weighted by atomic mass is 35.5. The first kappa shape index (κ1) is 12.8. The summed E-state index contributed by atoms with van der Waals surface area (Å²) in [5, 5.41) is 0.644. The molecule has 1 fully saturated rings. The monoisotopic (exact) mass is 296 g/mol. The normalized spacial score (nSPS) is 19.3. The second kappa shape index (κ2) is 5.07. The van der Waals surface area contributed by atoms with Crippen LogP contribution in [0.3, 0.4) is 0 Å². The summed E-state index contributed by atoms with van der Waals surface area (Å²) in [5.74, 6) is 0.0404. The average Bonchev–Trinajstić information content (AvgIpc) is 3.05. The molecule has 0 aromatic carbocycles. The Morgan fingerprint density at radius 2 is 2.47 bits per heavy atom. The van der Waals surface area contributed by atoms with Crippen LogP contribution in [0.5, 0.6) is 0 Å². The van der Waals surface area contributed by atoms with Crippen LogP contribution in [0.15, 0.2) is 18.3 Å². The molecule has 3 rings (SSSR count). The molecule has 2 aromatic rings. The van der Waals surface area contributed by atoms with E-state index in [-0.39, 0.29) is 12.0 Å². The maximum Gasteiger partial charge on any atom is 0.264 e. The van der Waals surface area contributed by atoms with Crippen LogP contribution in [0.1, 0.15) is 16.1 Å². The van der Waals surface area contributed by atoms with Crippen LogP contribution < -0.4 is 0 Å². The Labute approximate surface area is 119 Å². The number of thiophene rings is 1. The molecule has 1 saturated heterocycles. The first-order valence-electron chi connectivity index (χ1n) is 6.05. The molecule has 0 N–H and O–H groups in total. The predicted molar refractivity (Wildman–Crippen MR) is 75.9 cm³/mol. The minimum Gasteiger partial charge on any atom is -0.380 e. The van der Waals surface area contributed by atoms with Gasteiger partial charge in [-0.2, -0.15) is 0 Å². The number of aromatic nitrogens is 1. The summed E-state index contributed by atoms with van der Waals surface area (Å²) in [6, 6.07) is 3.56. The molecule has 1 atom stereocenters. The van der Waals surface area contributed by atoms with Crippen molar-refractivity contribution in [2.45, 2.75) is 12.5 Å². The van der Waals surface area contributed by atoms with Gasteiger partial charge in [0.2, 0.25) is 0 Å². The van der Waals surface area contributed by atoms with Gasteiger partial charge in [-0.05, 0) is 18.6 Å². The van der Waals surface area contributed by atoms with Gasteiger partial charge in [0, 0.05) is 26.4 Å². The lowest BCUT2D eigenvalue weighted by atomic mass is 10.3. The lowest BCUT2D eigenvalue weighted by molar-refractivity contribution is 0.0728. The van der Waals surface area contributed by atoms with E-state index in [9.17, 15) is 4.79 Å². The number of likely N-dealkylation sites (tertiary alicyclic amines) is 1. The molecule has 2 aromatic heterocycles. The molecule has 1 unspecified atom stereocenters.